The van der Waals surface area contributed by atoms with Crippen LogP contribution in [-0.2, 0) is 14.4 Å². The van der Waals surface area contributed by atoms with Crippen LogP contribution in [0.1, 0.15) is 51.6 Å². The highest BCUT2D eigenvalue weighted by Crippen LogP contribution is 2.33. The van der Waals surface area contributed by atoms with Gasteiger partial charge in [0.15, 0.2) is 0 Å². The normalized spacial score (nSPS) is 21.5. The number of hydrogen-bond acceptors (Lipinski definition) is 5. The average molecular weight is 333 g/mol. The van der Waals surface area contributed by atoms with Crippen molar-refractivity contribution in [3.63, 3.8) is 0 Å². The van der Waals surface area contributed by atoms with Crippen LogP contribution in [0.25, 0.3) is 0 Å². The third kappa shape index (κ3) is 3.51. The van der Waals surface area contributed by atoms with Gasteiger partial charge in [-0.05, 0) is 38.8 Å². The molecule has 0 radical (unpaired) electrons. The van der Waals surface area contributed by atoms with Crippen molar-refractivity contribution in [1.82, 2.24) is 10.0 Å². The number of rotatable bonds is 2. The van der Waals surface area contributed by atoms with E-state index in [1.54, 1.807) is 17.3 Å². The minimum absolute atomic E-state index is 0.112. The Morgan fingerprint density at radius 1 is 1.38 bits per heavy atom. The van der Waals surface area contributed by atoms with Gasteiger partial charge in [-0.15, -0.1) is 0 Å². The van der Waals surface area contributed by atoms with Gasteiger partial charge >= 0.3 is 6.09 Å². The highest BCUT2D eigenvalue weighted by Gasteiger charge is 2.35. The van der Waals surface area contributed by atoms with Crippen molar-refractivity contribution >= 4 is 17.7 Å². The van der Waals surface area contributed by atoms with Crippen LogP contribution in [-0.4, -0.2) is 40.8 Å². The number of pyridine rings is 1. The monoisotopic (exact) mass is 333 g/mol. The number of hydroxylamine groups is 2. The number of carbonyl (C=O) groups excluding carboxylic acids is 2. The molecule has 0 aromatic carbocycles. The Morgan fingerprint density at radius 2 is 2.17 bits per heavy atom. The Morgan fingerprint density at radius 3 is 2.83 bits per heavy atom. The Labute approximate surface area is 141 Å². The fourth-order valence-electron chi connectivity index (χ4n) is 2.95. The molecular formula is C17H23N3O4. The van der Waals surface area contributed by atoms with Crippen molar-refractivity contribution in [2.45, 2.75) is 51.7 Å². The first-order valence-corrected chi connectivity index (χ1v) is 8.25. The Kier molecular flexibility index (Phi) is 4.45. The summed E-state index contributed by atoms with van der Waals surface area (Å²) in [5.41, 5.74) is 1.02. The second-order valence-electron chi connectivity index (χ2n) is 7.07. The molecule has 1 aromatic heterocycles. The molecule has 2 aliphatic rings. The lowest BCUT2D eigenvalue weighted by Gasteiger charge is -2.27. The summed E-state index contributed by atoms with van der Waals surface area (Å²) in [7, 11) is 0. The Bertz CT molecular complexity index is 641. The van der Waals surface area contributed by atoms with Gasteiger partial charge < -0.3 is 9.64 Å². The van der Waals surface area contributed by atoms with E-state index in [2.05, 4.69) is 4.98 Å². The van der Waals surface area contributed by atoms with Crippen LogP contribution in [0.3, 0.4) is 0 Å². The quantitative estimate of drug-likeness (QED) is 0.832. The first-order valence-electron chi connectivity index (χ1n) is 8.25. The van der Waals surface area contributed by atoms with Crippen LogP contribution < -0.4 is 4.90 Å². The van der Waals surface area contributed by atoms with Gasteiger partial charge in [0.25, 0.3) is 0 Å². The molecule has 1 aromatic rings. The third-order valence-corrected chi connectivity index (χ3v) is 3.99. The smallest absolute Gasteiger partial charge is 0.435 e. The van der Waals surface area contributed by atoms with Gasteiger partial charge in [-0.2, -0.15) is 5.06 Å². The molecule has 24 heavy (non-hydrogen) atoms. The maximum atomic E-state index is 12.3. The predicted molar refractivity (Wildman–Crippen MR) is 87.2 cm³/mol. The van der Waals surface area contributed by atoms with Gasteiger partial charge in [0.1, 0.15) is 5.60 Å². The zero-order chi connectivity index (χ0) is 17.3. The Hall–Kier alpha value is -2.15. The molecule has 2 saturated heterocycles. The van der Waals surface area contributed by atoms with E-state index in [0.29, 0.717) is 26.0 Å². The predicted octanol–water partition coefficient (Wildman–Crippen LogP) is 2.82. The standard InChI is InChI=1S/C17H23N3O4/c1-17(2,3)24-16(22)20-14(6-8-23-20)12-9-13(11-18-10-12)19-7-4-5-15(19)21/h9-11,14H,4-8H2,1-3H3/t14-/m0/s1. The number of hydrogen-bond donors (Lipinski definition) is 0. The number of aromatic nitrogens is 1. The van der Waals surface area contributed by atoms with Crippen LogP contribution in [0.5, 0.6) is 0 Å². The van der Waals surface area contributed by atoms with Gasteiger partial charge in [0, 0.05) is 25.6 Å². The van der Waals surface area contributed by atoms with Gasteiger partial charge in [-0.25, -0.2) is 4.79 Å². The molecule has 2 fully saturated rings. The van der Waals surface area contributed by atoms with E-state index in [-0.39, 0.29) is 11.9 Å². The van der Waals surface area contributed by atoms with Crippen LogP contribution in [0, 0.1) is 0 Å². The maximum absolute atomic E-state index is 12.3. The molecule has 0 unspecified atom stereocenters. The second-order valence-corrected chi connectivity index (χ2v) is 7.07. The molecule has 0 aliphatic carbocycles. The summed E-state index contributed by atoms with van der Waals surface area (Å²) >= 11 is 0. The minimum atomic E-state index is -0.588. The summed E-state index contributed by atoms with van der Waals surface area (Å²) in [6, 6.07) is 1.65. The summed E-state index contributed by atoms with van der Waals surface area (Å²) in [6.07, 6.45) is 4.98. The fraction of sp³-hybridized carbons (Fsp3) is 0.588. The topological polar surface area (TPSA) is 72.0 Å². The van der Waals surface area contributed by atoms with Crippen molar-refractivity contribution in [3.05, 3.63) is 24.0 Å². The van der Waals surface area contributed by atoms with E-state index in [4.69, 9.17) is 9.57 Å². The van der Waals surface area contributed by atoms with Crippen molar-refractivity contribution in [2.24, 2.45) is 0 Å². The van der Waals surface area contributed by atoms with Crippen LogP contribution >= 0.6 is 0 Å². The van der Waals surface area contributed by atoms with Crippen LogP contribution in [0.2, 0.25) is 0 Å². The summed E-state index contributed by atoms with van der Waals surface area (Å²) in [5, 5.41) is 1.28. The molecule has 0 spiro atoms. The molecule has 0 N–H and O–H groups in total. The summed E-state index contributed by atoms with van der Waals surface area (Å²) in [6.45, 7) is 6.60. The molecular weight excluding hydrogens is 310 g/mol. The second kappa shape index (κ2) is 6.39. The molecule has 3 rings (SSSR count). The van der Waals surface area contributed by atoms with Crippen molar-refractivity contribution in [2.75, 3.05) is 18.1 Å². The van der Waals surface area contributed by atoms with Crippen molar-refractivity contribution in [1.29, 1.82) is 0 Å². The zero-order valence-corrected chi connectivity index (χ0v) is 14.3. The largest absolute Gasteiger partial charge is 0.442 e. The molecule has 2 aliphatic heterocycles. The first kappa shape index (κ1) is 16.7. The number of nitrogens with zero attached hydrogens (tertiary/aromatic N) is 3. The number of ether oxygens (including phenoxy) is 1. The summed E-state index contributed by atoms with van der Waals surface area (Å²) < 4.78 is 5.40. The summed E-state index contributed by atoms with van der Waals surface area (Å²) in [5.74, 6) is 0.112. The van der Waals surface area contributed by atoms with E-state index in [1.807, 2.05) is 26.8 Å². The molecule has 0 saturated carbocycles. The minimum Gasteiger partial charge on any atom is -0.442 e. The highest BCUT2D eigenvalue weighted by atomic mass is 16.7. The van der Waals surface area contributed by atoms with Crippen LogP contribution in [0.15, 0.2) is 18.5 Å². The molecule has 3 heterocycles. The molecule has 7 heteroatoms. The molecule has 1 atom stereocenters. The van der Waals surface area contributed by atoms with E-state index in [1.165, 1.54) is 5.06 Å². The van der Waals surface area contributed by atoms with Crippen LogP contribution in [0.4, 0.5) is 10.5 Å². The lowest BCUT2D eigenvalue weighted by Crippen LogP contribution is -2.35. The first-order chi connectivity index (χ1) is 11.3. The highest BCUT2D eigenvalue weighted by molar-refractivity contribution is 5.95. The van der Waals surface area contributed by atoms with Crippen molar-refractivity contribution in [3.8, 4) is 0 Å². The van der Waals surface area contributed by atoms with Gasteiger partial charge in [0.05, 0.1) is 24.5 Å². The van der Waals surface area contributed by atoms with Gasteiger partial charge in [0.2, 0.25) is 5.91 Å². The molecule has 7 nitrogen and oxygen atoms in total. The van der Waals surface area contributed by atoms with E-state index >= 15 is 0 Å². The van der Waals surface area contributed by atoms with Crippen molar-refractivity contribution < 1.29 is 19.2 Å². The zero-order valence-electron chi connectivity index (χ0n) is 14.3. The van der Waals surface area contributed by atoms with E-state index in [9.17, 15) is 9.59 Å². The van der Waals surface area contributed by atoms with Gasteiger partial charge in [-0.3, -0.25) is 14.6 Å². The summed E-state index contributed by atoms with van der Waals surface area (Å²) in [4.78, 5) is 35.7. The lowest BCUT2D eigenvalue weighted by atomic mass is 10.1. The molecule has 130 valence electrons. The van der Waals surface area contributed by atoms with Gasteiger partial charge in [-0.1, -0.05) is 0 Å². The molecule has 0 bridgehead atoms. The van der Waals surface area contributed by atoms with E-state index in [0.717, 1.165) is 17.7 Å². The average Bonchev–Trinajstić information content (AvgIpc) is 3.14. The SMILES string of the molecule is CC(C)(C)OC(=O)N1OCC[C@H]1c1cncc(N2CCCC2=O)c1. The molecule has 2 amide bonds. The van der Waals surface area contributed by atoms with E-state index < -0.39 is 11.7 Å². The number of anilines is 1. The third-order valence-electron chi connectivity index (χ3n) is 3.99. The number of amides is 2. The maximum Gasteiger partial charge on any atom is 0.435 e. The Balaban J connectivity index is 1.80. The fourth-order valence-corrected chi connectivity index (χ4v) is 2.95. The lowest BCUT2D eigenvalue weighted by molar-refractivity contribution is -0.125. The number of carbonyl (C=O) groups is 2.